The van der Waals surface area contributed by atoms with Crippen LogP contribution < -0.4 is 16.3 Å². The number of rotatable bonds is 7. The average Bonchev–Trinajstić information content (AvgIpc) is 2.77. The first-order chi connectivity index (χ1) is 15.1. The molecule has 0 amide bonds. The molecule has 6 nitrogen and oxygen atoms in total. The molecule has 0 aliphatic rings. The first-order valence-corrected chi connectivity index (χ1v) is 9.40. The van der Waals surface area contributed by atoms with Crippen LogP contribution in [0.1, 0.15) is 11.1 Å². The van der Waals surface area contributed by atoms with Crippen LogP contribution in [0.5, 0.6) is 5.75 Å². The van der Waals surface area contributed by atoms with E-state index in [9.17, 15) is 23.1 Å². The summed E-state index contributed by atoms with van der Waals surface area (Å²) in [6.45, 7) is 0.147. The number of nitrogens with zero attached hydrogens (tertiary/aromatic N) is 1. The molecule has 0 fully saturated rings. The van der Waals surface area contributed by atoms with E-state index in [1.807, 2.05) is 30.3 Å². The van der Waals surface area contributed by atoms with Crippen molar-refractivity contribution in [3.05, 3.63) is 102 Å². The van der Waals surface area contributed by atoms with Crippen LogP contribution in [0.4, 0.5) is 13.2 Å². The lowest BCUT2D eigenvalue weighted by Crippen LogP contribution is -2.36. The highest BCUT2D eigenvalue weighted by molar-refractivity contribution is 5.85. The molecule has 0 atom stereocenters. The molecule has 3 aromatic rings. The van der Waals surface area contributed by atoms with Crippen LogP contribution >= 0.6 is 0 Å². The second-order valence-electron chi connectivity index (χ2n) is 6.84. The smallest absolute Gasteiger partial charge is 0.416 e. The standard InChI is InChI=1S/C23H20F3N3O3/c24-23(25,26)18-10-6-16(7-11-18)17-8-12-19(13-9-17)32-21(20(27)22(30)31)29(28)14-15-4-2-1-3-5-15/h1-13H,14,27-28H2,(H,30,31)/b21-20+. The molecule has 0 aromatic heterocycles. The van der Waals surface area contributed by atoms with Gasteiger partial charge in [0, 0.05) is 0 Å². The van der Waals surface area contributed by atoms with Gasteiger partial charge in [-0.15, -0.1) is 0 Å². The summed E-state index contributed by atoms with van der Waals surface area (Å²) in [4.78, 5) is 11.4. The summed E-state index contributed by atoms with van der Waals surface area (Å²) in [6.07, 6.45) is -4.41. The number of carbonyl (C=O) groups is 1. The molecule has 166 valence electrons. The predicted molar refractivity (Wildman–Crippen MR) is 113 cm³/mol. The Hall–Kier alpha value is -3.98. The van der Waals surface area contributed by atoms with Crippen LogP contribution in [-0.4, -0.2) is 16.1 Å². The zero-order valence-electron chi connectivity index (χ0n) is 16.7. The zero-order chi connectivity index (χ0) is 23.3. The molecule has 3 rings (SSSR count). The Kier molecular flexibility index (Phi) is 6.70. The number of carboxylic acids is 1. The number of ether oxygens (including phenoxy) is 1. The maximum atomic E-state index is 12.7. The van der Waals surface area contributed by atoms with Crippen molar-refractivity contribution in [1.29, 1.82) is 0 Å². The zero-order valence-corrected chi connectivity index (χ0v) is 16.7. The number of nitrogens with two attached hydrogens (primary N) is 2. The number of hydrazine groups is 1. The fraction of sp³-hybridized carbons (Fsp3) is 0.0870. The Labute approximate surface area is 182 Å². The molecule has 32 heavy (non-hydrogen) atoms. The van der Waals surface area contributed by atoms with E-state index in [4.69, 9.17) is 16.3 Å². The molecule has 0 saturated carbocycles. The third-order valence-corrected chi connectivity index (χ3v) is 4.53. The van der Waals surface area contributed by atoms with Crippen LogP contribution in [0.2, 0.25) is 0 Å². The van der Waals surface area contributed by atoms with Gasteiger partial charge in [-0.1, -0.05) is 54.6 Å². The fourth-order valence-electron chi connectivity index (χ4n) is 2.89. The summed E-state index contributed by atoms with van der Waals surface area (Å²) in [5.41, 5.74) is 6.41. The van der Waals surface area contributed by atoms with E-state index in [0.29, 0.717) is 11.1 Å². The number of benzene rings is 3. The molecular weight excluding hydrogens is 423 g/mol. The van der Waals surface area contributed by atoms with Crippen LogP contribution in [0.25, 0.3) is 11.1 Å². The van der Waals surface area contributed by atoms with Crippen LogP contribution in [0.3, 0.4) is 0 Å². The highest BCUT2D eigenvalue weighted by Gasteiger charge is 2.30. The van der Waals surface area contributed by atoms with Gasteiger partial charge < -0.3 is 15.6 Å². The van der Waals surface area contributed by atoms with Crippen molar-refractivity contribution < 1.29 is 27.8 Å². The molecule has 0 bridgehead atoms. The molecule has 3 aromatic carbocycles. The second-order valence-corrected chi connectivity index (χ2v) is 6.84. The van der Waals surface area contributed by atoms with Crippen molar-refractivity contribution in [1.82, 2.24) is 5.01 Å². The van der Waals surface area contributed by atoms with Gasteiger partial charge in [0.1, 0.15) is 5.75 Å². The highest BCUT2D eigenvalue weighted by atomic mass is 19.4. The molecule has 0 aliphatic carbocycles. The first kappa shape index (κ1) is 22.7. The molecule has 5 N–H and O–H groups in total. The summed E-state index contributed by atoms with van der Waals surface area (Å²) in [7, 11) is 0. The fourth-order valence-corrected chi connectivity index (χ4v) is 2.89. The topological polar surface area (TPSA) is 102 Å². The largest absolute Gasteiger partial charge is 0.476 e. The molecule has 0 aliphatic heterocycles. The van der Waals surface area contributed by atoms with Gasteiger partial charge in [0.25, 0.3) is 0 Å². The number of aliphatic carboxylic acids is 1. The van der Waals surface area contributed by atoms with Gasteiger partial charge in [0.15, 0.2) is 5.70 Å². The maximum Gasteiger partial charge on any atom is 0.416 e. The summed E-state index contributed by atoms with van der Waals surface area (Å²) < 4.78 is 43.9. The Morgan fingerprint density at radius 2 is 1.44 bits per heavy atom. The highest BCUT2D eigenvalue weighted by Crippen LogP contribution is 2.31. The van der Waals surface area contributed by atoms with Crippen molar-refractivity contribution >= 4 is 5.97 Å². The van der Waals surface area contributed by atoms with Gasteiger partial charge in [-0.25, -0.2) is 10.6 Å². The number of hydrogen-bond acceptors (Lipinski definition) is 5. The number of alkyl halides is 3. The number of hydrogen-bond donors (Lipinski definition) is 3. The first-order valence-electron chi connectivity index (χ1n) is 9.40. The third-order valence-electron chi connectivity index (χ3n) is 4.53. The Bertz CT molecular complexity index is 1100. The van der Waals surface area contributed by atoms with Gasteiger partial charge in [-0.2, -0.15) is 13.2 Å². The number of carboxylic acid groups (broad SMARTS) is 1. The normalized spacial score (nSPS) is 12.1. The van der Waals surface area contributed by atoms with Crippen LogP contribution in [0, 0.1) is 0 Å². The SMILES string of the molecule is N/C(C(=O)O)=C(/Oc1ccc(-c2ccc(C(F)(F)F)cc2)cc1)N(N)Cc1ccccc1. The summed E-state index contributed by atoms with van der Waals surface area (Å²) >= 11 is 0. The van der Waals surface area contributed by atoms with Crippen molar-refractivity contribution in [2.75, 3.05) is 0 Å². The second kappa shape index (κ2) is 9.44. The summed E-state index contributed by atoms with van der Waals surface area (Å²) in [5, 5.41) is 10.4. The number of halogens is 3. The quantitative estimate of drug-likeness (QED) is 0.217. The van der Waals surface area contributed by atoms with Crippen LogP contribution in [0.15, 0.2) is 90.4 Å². The van der Waals surface area contributed by atoms with E-state index >= 15 is 0 Å². The minimum absolute atomic E-state index is 0.147. The summed E-state index contributed by atoms with van der Waals surface area (Å²) in [5.74, 6) is 4.63. The van der Waals surface area contributed by atoms with Gasteiger partial charge in [-0.3, -0.25) is 5.01 Å². The van der Waals surface area contributed by atoms with E-state index in [1.54, 1.807) is 24.3 Å². The molecule has 0 saturated heterocycles. The van der Waals surface area contributed by atoms with Crippen LogP contribution in [-0.2, 0) is 17.5 Å². The minimum atomic E-state index is -4.41. The van der Waals surface area contributed by atoms with Gasteiger partial charge >= 0.3 is 12.1 Å². The van der Waals surface area contributed by atoms with Gasteiger partial charge in [-0.05, 0) is 41.0 Å². The summed E-state index contributed by atoms with van der Waals surface area (Å²) in [6, 6.07) is 20.2. The van der Waals surface area contributed by atoms with Crippen molar-refractivity contribution in [3.63, 3.8) is 0 Å². The molecular formula is C23H20F3N3O3. The Morgan fingerprint density at radius 1 is 0.906 bits per heavy atom. The van der Waals surface area contributed by atoms with Crippen molar-refractivity contribution in [2.24, 2.45) is 11.6 Å². The predicted octanol–water partition coefficient (Wildman–Crippen LogP) is 4.34. The lowest BCUT2D eigenvalue weighted by atomic mass is 10.0. The van der Waals surface area contributed by atoms with E-state index in [1.165, 1.54) is 12.1 Å². The van der Waals surface area contributed by atoms with Gasteiger partial charge in [0.2, 0.25) is 5.88 Å². The van der Waals surface area contributed by atoms with E-state index in [-0.39, 0.29) is 18.2 Å². The molecule has 0 heterocycles. The van der Waals surface area contributed by atoms with E-state index in [0.717, 1.165) is 22.7 Å². The lowest BCUT2D eigenvalue weighted by Gasteiger charge is -2.23. The van der Waals surface area contributed by atoms with E-state index < -0.39 is 23.4 Å². The monoisotopic (exact) mass is 443 g/mol. The van der Waals surface area contributed by atoms with E-state index in [2.05, 4.69) is 0 Å². The maximum absolute atomic E-state index is 12.7. The van der Waals surface area contributed by atoms with Crippen molar-refractivity contribution in [3.8, 4) is 16.9 Å². The molecule has 0 unspecified atom stereocenters. The Balaban J connectivity index is 1.80. The molecule has 0 spiro atoms. The Morgan fingerprint density at radius 3 is 1.94 bits per heavy atom. The third kappa shape index (κ3) is 5.58. The van der Waals surface area contributed by atoms with Crippen molar-refractivity contribution in [2.45, 2.75) is 12.7 Å². The lowest BCUT2D eigenvalue weighted by molar-refractivity contribution is -0.137. The average molecular weight is 443 g/mol. The molecule has 0 radical (unpaired) electrons. The van der Waals surface area contributed by atoms with Gasteiger partial charge in [0.05, 0.1) is 12.1 Å². The molecule has 9 heteroatoms. The minimum Gasteiger partial charge on any atom is -0.476 e.